The summed E-state index contributed by atoms with van der Waals surface area (Å²) in [6.45, 7) is 13.4. The van der Waals surface area contributed by atoms with E-state index in [1.54, 1.807) is 38.6 Å². The lowest BCUT2D eigenvalue weighted by Gasteiger charge is -2.53. The smallest absolute Gasteiger partial charge is 0.318 e. The van der Waals surface area contributed by atoms with Crippen molar-refractivity contribution >= 4 is 58.7 Å². The van der Waals surface area contributed by atoms with Crippen LogP contribution in [0.2, 0.25) is 0 Å². The second-order valence-electron chi connectivity index (χ2n) is 18.0. The number of ether oxygens (including phenoxy) is 3. The lowest BCUT2D eigenvalue weighted by molar-refractivity contribution is -0.178. The Morgan fingerprint density at radius 2 is 1.29 bits per heavy atom. The maximum absolute atomic E-state index is 13.4. The molecule has 0 spiro atoms. The first-order valence-electron chi connectivity index (χ1n) is 20.3. The monoisotopic (exact) mass is 824 g/mol. The molecular formula is C44H56O13S. The highest BCUT2D eigenvalue weighted by Crippen LogP contribution is 2.59. The molecule has 3 aliphatic carbocycles. The fourth-order valence-electron chi connectivity index (χ4n) is 11.6. The van der Waals surface area contributed by atoms with E-state index in [4.69, 9.17) is 18.6 Å². The Balaban J connectivity index is 1.37. The fourth-order valence-corrected chi connectivity index (χ4v) is 13.6. The average Bonchev–Trinajstić information content (AvgIpc) is 3.92. The molecular weight excluding hydrogens is 769 g/mol. The molecule has 2 aromatic rings. The summed E-state index contributed by atoms with van der Waals surface area (Å²) < 4.78 is 24.7. The number of thioether (sulfide) groups is 1. The van der Waals surface area contributed by atoms with Gasteiger partial charge in [-0.2, -0.15) is 0 Å². The molecule has 58 heavy (non-hydrogen) atoms. The second kappa shape index (κ2) is 16.4. The first-order chi connectivity index (χ1) is 27.2. The van der Waals surface area contributed by atoms with E-state index in [1.807, 2.05) is 26.8 Å². The quantitative estimate of drug-likeness (QED) is 0.0537. The number of benzene rings is 1. The highest BCUT2D eigenvalue weighted by molar-refractivity contribution is 8.01. The molecule has 2 aromatic heterocycles. The number of carboxylic acids is 3. The number of hydrogen-bond donors (Lipinski definition) is 3. The zero-order valence-corrected chi connectivity index (χ0v) is 35.0. The first-order valence-corrected chi connectivity index (χ1v) is 21.3. The molecule has 0 amide bonds. The lowest BCUT2D eigenvalue weighted by Crippen LogP contribution is -2.52. The molecule has 316 valence electrons. The van der Waals surface area contributed by atoms with Crippen LogP contribution in [0.1, 0.15) is 117 Å². The van der Waals surface area contributed by atoms with E-state index in [1.165, 1.54) is 0 Å². The van der Waals surface area contributed by atoms with Gasteiger partial charge in [0.1, 0.15) is 47.2 Å². The molecule has 5 aliphatic rings. The SMILES string of the molecule is CCC1C2C=CC(CC2)C1C(C)(CC(C)c1c(C(C)(CC(C)C2C3C=CC(S3)C2C(C)(C)OC(=O)CC(=O)O)OC(=O)CC(=O)O)c2ccc1o2)OC(=O)CC(=O)O. The van der Waals surface area contributed by atoms with Gasteiger partial charge in [0, 0.05) is 33.5 Å². The van der Waals surface area contributed by atoms with Crippen LogP contribution in [0.4, 0.5) is 0 Å². The van der Waals surface area contributed by atoms with Crippen LogP contribution in [0.25, 0.3) is 11.2 Å². The fraction of sp³-hybridized carbons (Fsp3) is 0.636. The minimum atomic E-state index is -1.42. The second-order valence-corrected chi connectivity index (χ2v) is 19.3. The Morgan fingerprint density at radius 1 is 0.741 bits per heavy atom. The van der Waals surface area contributed by atoms with Gasteiger partial charge in [-0.3, -0.25) is 28.8 Å². The number of aliphatic carboxylic acids is 3. The van der Waals surface area contributed by atoms with E-state index < -0.39 is 71.9 Å². The molecule has 1 saturated carbocycles. The predicted octanol–water partition coefficient (Wildman–Crippen LogP) is 7.72. The molecule has 13 nitrogen and oxygen atoms in total. The van der Waals surface area contributed by atoms with E-state index in [-0.39, 0.29) is 58.3 Å². The van der Waals surface area contributed by atoms with Crippen molar-refractivity contribution in [3.8, 4) is 0 Å². The molecule has 2 fully saturated rings. The van der Waals surface area contributed by atoms with Crippen LogP contribution in [0.5, 0.6) is 0 Å². The Morgan fingerprint density at radius 3 is 1.88 bits per heavy atom. The maximum Gasteiger partial charge on any atom is 0.318 e. The van der Waals surface area contributed by atoms with E-state index in [9.17, 15) is 44.1 Å². The molecule has 0 radical (unpaired) electrons. The van der Waals surface area contributed by atoms with Gasteiger partial charge in [0.2, 0.25) is 0 Å². The Hall–Kier alpha value is -4.33. The van der Waals surface area contributed by atoms with Crippen LogP contribution >= 0.6 is 11.8 Å². The van der Waals surface area contributed by atoms with Crippen LogP contribution in [-0.4, -0.2) is 72.8 Å². The molecule has 14 heteroatoms. The van der Waals surface area contributed by atoms with Crippen LogP contribution in [0.15, 0.2) is 40.9 Å². The third-order valence-corrected chi connectivity index (χ3v) is 14.8. The van der Waals surface area contributed by atoms with Crippen molar-refractivity contribution in [1.29, 1.82) is 0 Å². The van der Waals surface area contributed by atoms with Crippen LogP contribution in [0, 0.1) is 41.4 Å². The number of carbonyl (C=O) groups excluding carboxylic acids is 3. The summed E-state index contributed by atoms with van der Waals surface area (Å²) in [6, 6.07) is 3.63. The molecule has 4 heterocycles. The third kappa shape index (κ3) is 8.54. The van der Waals surface area contributed by atoms with E-state index in [0.717, 1.165) is 24.8 Å². The van der Waals surface area contributed by atoms with E-state index in [0.29, 0.717) is 29.1 Å². The number of rotatable bonds is 19. The van der Waals surface area contributed by atoms with Gasteiger partial charge in [-0.15, -0.1) is 11.8 Å². The van der Waals surface area contributed by atoms with Gasteiger partial charge < -0.3 is 33.9 Å². The van der Waals surface area contributed by atoms with E-state index >= 15 is 0 Å². The van der Waals surface area contributed by atoms with Gasteiger partial charge in [0.05, 0.1) is 0 Å². The standard InChI is InChI=1S/C44H56O13S/c1-8-26-24-9-11-25(12-10-24)39(26)43(6,56-35(52)18-32(47)48)20-22(2)37-27-13-14-28(54-27)40(37)44(7,57-36(53)19-33(49)50)21-23(3)38-29-15-16-30(58-29)41(38)42(4,5)55-34(51)17-31(45)46/h9,11,13-16,22-26,29-30,38-39,41H,8,10,12,17-21H2,1-7H3,(H,45,46)(H,47,48)(H,49,50). The van der Waals surface area contributed by atoms with Gasteiger partial charge in [0.15, 0.2) is 0 Å². The number of carboxylic acid groups (broad SMARTS) is 3. The average molecular weight is 825 g/mol. The topological polar surface area (TPSA) is 204 Å². The largest absolute Gasteiger partial charge is 0.481 e. The normalized spacial score (nSPS) is 29.1. The first kappa shape index (κ1) is 43.3. The van der Waals surface area contributed by atoms with Crippen LogP contribution < -0.4 is 0 Å². The van der Waals surface area contributed by atoms with Crippen LogP contribution in [0.3, 0.4) is 0 Å². The predicted molar refractivity (Wildman–Crippen MR) is 213 cm³/mol. The van der Waals surface area contributed by atoms with Gasteiger partial charge in [-0.05, 0) is 101 Å². The molecule has 7 rings (SSSR count). The number of carbonyl (C=O) groups is 6. The highest BCUT2D eigenvalue weighted by atomic mass is 32.2. The molecule has 12 atom stereocenters. The van der Waals surface area contributed by atoms with Gasteiger partial charge >= 0.3 is 35.8 Å². The van der Waals surface area contributed by atoms with Crippen LogP contribution in [-0.2, 0) is 48.6 Å². The number of allylic oxidation sites excluding steroid dienone is 2. The lowest BCUT2D eigenvalue weighted by atomic mass is 9.55. The zero-order chi connectivity index (χ0) is 42.5. The Bertz CT molecular complexity index is 1980. The van der Waals surface area contributed by atoms with Gasteiger partial charge in [-0.25, -0.2) is 0 Å². The molecule has 0 aromatic carbocycles. The molecule has 2 aliphatic heterocycles. The number of fused-ring (bicyclic) bond motifs is 6. The summed E-state index contributed by atoms with van der Waals surface area (Å²) in [4.78, 5) is 74.1. The number of hydrogen-bond acceptors (Lipinski definition) is 11. The van der Waals surface area contributed by atoms with Crippen molar-refractivity contribution in [3.05, 3.63) is 47.6 Å². The summed E-state index contributed by atoms with van der Waals surface area (Å²) >= 11 is 1.73. The minimum Gasteiger partial charge on any atom is -0.481 e. The summed E-state index contributed by atoms with van der Waals surface area (Å²) in [5.41, 5.74) is -1.21. The minimum absolute atomic E-state index is 0.0160. The molecule has 6 bridgehead atoms. The maximum atomic E-state index is 13.4. The third-order valence-electron chi connectivity index (χ3n) is 13.3. The molecule has 3 N–H and O–H groups in total. The zero-order valence-electron chi connectivity index (χ0n) is 34.2. The molecule has 12 unspecified atom stereocenters. The van der Waals surface area contributed by atoms with Crippen molar-refractivity contribution in [2.75, 3.05) is 0 Å². The Labute approximate surface area is 342 Å². The summed E-state index contributed by atoms with van der Waals surface area (Å²) in [5.74, 6) is -6.81. The van der Waals surface area contributed by atoms with Crippen molar-refractivity contribution in [2.45, 2.75) is 133 Å². The Kier molecular flexibility index (Phi) is 12.2. The summed E-state index contributed by atoms with van der Waals surface area (Å²) in [5, 5.41) is 28.4. The van der Waals surface area contributed by atoms with Crippen molar-refractivity contribution in [1.82, 2.24) is 0 Å². The summed E-state index contributed by atoms with van der Waals surface area (Å²) in [7, 11) is 0. The van der Waals surface area contributed by atoms with Crippen molar-refractivity contribution in [3.63, 3.8) is 0 Å². The number of esters is 3. The number of furan rings is 2. The van der Waals surface area contributed by atoms with Gasteiger partial charge in [-0.1, -0.05) is 51.5 Å². The molecule has 1 saturated heterocycles. The summed E-state index contributed by atoms with van der Waals surface area (Å²) in [6.07, 6.45) is 9.65. The van der Waals surface area contributed by atoms with E-state index in [2.05, 4.69) is 31.2 Å². The van der Waals surface area contributed by atoms with Crippen molar-refractivity contribution in [2.24, 2.45) is 41.4 Å². The highest BCUT2D eigenvalue weighted by Gasteiger charge is 2.57. The van der Waals surface area contributed by atoms with Crippen molar-refractivity contribution < 1.29 is 62.7 Å². The van der Waals surface area contributed by atoms with Gasteiger partial charge in [0.25, 0.3) is 0 Å².